The molecule has 3 aliphatic heterocycles. The molecule has 3 aliphatic rings. The molecule has 0 spiro atoms. The molecule has 23 heteroatoms. The summed E-state index contributed by atoms with van der Waals surface area (Å²) in [4.78, 5) is 38.8. The van der Waals surface area contributed by atoms with Crippen LogP contribution in [-0.4, -0.2) is 215 Å². The van der Waals surface area contributed by atoms with Crippen molar-refractivity contribution in [2.75, 3.05) is 26.4 Å². The van der Waals surface area contributed by atoms with Gasteiger partial charge < -0.3 is 100 Å². The summed E-state index contributed by atoms with van der Waals surface area (Å²) < 4.78 is 35.1. The van der Waals surface area contributed by atoms with Crippen molar-refractivity contribution >= 4 is 17.8 Å². The predicted molar refractivity (Wildman–Crippen MR) is 422 cm³/mol. The lowest BCUT2D eigenvalue weighted by molar-refractivity contribution is -0.386. The summed E-state index contributed by atoms with van der Waals surface area (Å²) in [6.45, 7) is 2.29. The summed E-state index contributed by atoms with van der Waals surface area (Å²) in [7, 11) is 0. The van der Waals surface area contributed by atoms with Gasteiger partial charge in [0, 0.05) is 19.8 Å². The molecule has 2 amide bonds. The molecule has 0 bridgehead atoms. The lowest BCUT2D eigenvalue weighted by Gasteiger charge is -2.50. The van der Waals surface area contributed by atoms with Crippen LogP contribution in [0.25, 0.3) is 0 Å². The fourth-order valence-electron chi connectivity index (χ4n) is 15.8. The highest BCUT2D eigenvalue weighted by Gasteiger charge is 2.60. The molecule has 0 saturated carbocycles. The summed E-state index contributed by atoms with van der Waals surface area (Å²) in [5.74, 6) is -6.08. The molecule has 0 aliphatic carbocycles. The van der Waals surface area contributed by atoms with E-state index in [1.165, 1.54) is 289 Å². The predicted octanol–water partition coefficient (Wildman–Crippen LogP) is 13.5. The van der Waals surface area contributed by atoms with Gasteiger partial charge in [0.2, 0.25) is 11.8 Å². The van der Waals surface area contributed by atoms with E-state index < -0.39 is 148 Å². The normalized spacial score (nSPS) is 25.8. The number of amides is 2. The van der Waals surface area contributed by atoms with Crippen LogP contribution in [-0.2, 0) is 42.8 Å². The van der Waals surface area contributed by atoms with E-state index in [0.29, 0.717) is 19.3 Å². The Morgan fingerprint density at radius 3 is 1.16 bits per heavy atom. The smallest absolute Gasteiger partial charge is 0.364 e. The molecule has 638 valence electrons. The number of aliphatic hydroxyl groups is 11. The zero-order chi connectivity index (χ0) is 78.8. The molecule has 18 unspecified atom stereocenters. The first kappa shape index (κ1) is 99.9. The molecule has 3 saturated heterocycles. The molecular weight excluding hydrogens is 1380 g/mol. The van der Waals surface area contributed by atoms with Crippen molar-refractivity contribution in [1.29, 1.82) is 0 Å². The van der Waals surface area contributed by atoms with E-state index in [-0.39, 0.29) is 18.9 Å². The van der Waals surface area contributed by atoms with Gasteiger partial charge in [-0.15, -0.1) is 0 Å². The van der Waals surface area contributed by atoms with Crippen molar-refractivity contribution < 1.29 is 104 Å². The van der Waals surface area contributed by atoms with Crippen molar-refractivity contribution in [3.05, 3.63) is 0 Å². The number of carbonyl (C=O) groups excluding carboxylic acids is 2. The van der Waals surface area contributed by atoms with Crippen LogP contribution in [0.3, 0.4) is 0 Å². The maximum Gasteiger partial charge on any atom is 0.364 e. The third kappa shape index (κ3) is 42.9. The van der Waals surface area contributed by atoms with Gasteiger partial charge in [0.1, 0.15) is 67.1 Å². The van der Waals surface area contributed by atoms with E-state index in [0.717, 1.165) is 51.9 Å². The lowest BCUT2D eigenvalue weighted by atomic mass is 9.88. The Hall–Kier alpha value is -2.27. The second-order valence-electron chi connectivity index (χ2n) is 32.5. The Balaban J connectivity index is 1.45. The molecule has 0 aromatic rings. The van der Waals surface area contributed by atoms with Gasteiger partial charge in [0.25, 0.3) is 5.79 Å². The standard InChI is InChI=1S/C85H162N2O21/c1-4-6-8-10-12-14-16-18-20-22-24-26-28-29-30-31-32-33-34-35-37-39-41-43-45-47-49-51-53-55-57-59-72(95)87-66(67(92)58-56-54-52-50-48-46-44-42-40-38-36-27-25-23-21-19-17-15-13-11-9-7-5-2)64-103-82-77(99)76(98)79(71(63-90)105-82)106-83-78(100)81(75(97)70(62-89)104-83)108-85(84(101)102)60-68(93)73(86-65(3)91)80(107-85)74(96)69(94)61-88/h66-71,73-83,88-90,92-94,96-100H,4-64H2,1-3H3,(H,86,91)(H,87,95)(H,101,102). The van der Waals surface area contributed by atoms with Crippen LogP contribution in [0, 0.1) is 0 Å². The maximum absolute atomic E-state index is 13.6. The molecule has 3 heterocycles. The molecule has 0 aromatic carbocycles. The number of unbranched alkanes of at least 4 members (excludes halogenated alkanes) is 52. The second-order valence-corrected chi connectivity index (χ2v) is 32.5. The minimum absolute atomic E-state index is 0.230. The maximum atomic E-state index is 13.6. The summed E-state index contributed by atoms with van der Waals surface area (Å²) in [5.41, 5.74) is 0. The number of hydrogen-bond acceptors (Lipinski definition) is 20. The van der Waals surface area contributed by atoms with Crippen LogP contribution in [0.1, 0.15) is 387 Å². The molecule has 0 radical (unpaired) electrons. The third-order valence-electron chi connectivity index (χ3n) is 22.8. The van der Waals surface area contributed by atoms with Gasteiger partial charge >= 0.3 is 5.97 Å². The van der Waals surface area contributed by atoms with E-state index >= 15 is 0 Å². The Labute approximate surface area is 652 Å². The highest BCUT2D eigenvalue weighted by molar-refractivity contribution is 5.77. The number of carbonyl (C=O) groups is 3. The monoisotopic (exact) mass is 1550 g/mol. The number of nitrogens with one attached hydrogen (secondary N) is 2. The molecule has 3 rings (SSSR count). The van der Waals surface area contributed by atoms with Gasteiger partial charge in [-0.3, -0.25) is 9.59 Å². The van der Waals surface area contributed by atoms with Gasteiger partial charge in [-0.2, -0.15) is 0 Å². The zero-order valence-corrected chi connectivity index (χ0v) is 68.0. The minimum atomic E-state index is -3.08. The molecular formula is C85H162N2O21. The number of aliphatic carboxylic acids is 1. The fourth-order valence-corrected chi connectivity index (χ4v) is 15.8. The van der Waals surface area contributed by atoms with E-state index in [1.54, 1.807) is 0 Å². The van der Waals surface area contributed by atoms with Crippen molar-refractivity contribution in [2.45, 2.75) is 497 Å². The van der Waals surface area contributed by atoms with E-state index in [9.17, 15) is 75.7 Å². The molecule has 18 atom stereocenters. The highest BCUT2D eigenvalue weighted by atomic mass is 16.8. The minimum Gasteiger partial charge on any atom is -0.477 e. The van der Waals surface area contributed by atoms with E-state index in [1.807, 2.05) is 0 Å². The Morgan fingerprint density at radius 1 is 0.444 bits per heavy atom. The summed E-state index contributed by atoms with van der Waals surface area (Å²) in [6, 6.07) is -2.53. The van der Waals surface area contributed by atoms with Gasteiger partial charge in [-0.25, -0.2) is 4.79 Å². The van der Waals surface area contributed by atoms with Crippen LogP contribution >= 0.6 is 0 Å². The van der Waals surface area contributed by atoms with Crippen molar-refractivity contribution in [2.24, 2.45) is 0 Å². The highest BCUT2D eigenvalue weighted by Crippen LogP contribution is 2.39. The second kappa shape index (κ2) is 64.0. The van der Waals surface area contributed by atoms with Crippen LogP contribution in [0.15, 0.2) is 0 Å². The number of hydrogen-bond donors (Lipinski definition) is 14. The van der Waals surface area contributed by atoms with E-state index in [2.05, 4.69) is 24.5 Å². The van der Waals surface area contributed by atoms with Crippen molar-refractivity contribution in [3.8, 4) is 0 Å². The van der Waals surface area contributed by atoms with Gasteiger partial charge in [0.15, 0.2) is 12.6 Å². The Kier molecular flexibility index (Phi) is 59.2. The number of carboxylic acids is 1. The topological polar surface area (TPSA) is 373 Å². The quantitative estimate of drug-likeness (QED) is 0.0252. The third-order valence-corrected chi connectivity index (χ3v) is 22.8. The first-order chi connectivity index (χ1) is 52.4. The fraction of sp³-hybridized carbons (Fsp3) is 0.965. The Bertz CT molecular complexity index is 2140. The van der Waals surface area contributed by atoms with Crippen LogP contribution < -0.4 is 10.6 Å². The van der Waals surface area contributed by atoms with E-state index in [4.69, 9.17) is 28.4 Å². The molecule has 3 fully saturated rings. The number of rotatable bonds is 72. The molecule has 108 heavy (non-hydrogen) atoms. The first-order valence-electron chi connectivity index (χ1n) is 44.4. The van der Waals surface area contributed by atoms with Crippen LogP contribution in [0.5, 0.6) is 0 Å². The molecule has 23 nitrogen and oxygen atoms in total. The van der Waals surface area contributed by atoms with Crippen LogP contribution in [0.4, 0.5) is 0 Å². The first-order valence-corrected chi connectivity index (χ1v) is 44.4. The number of ether oxygens (including phenoxy) is 6. The van der Waals surface area contributed by atoms with Crippen LogP contribution in [0.2, 0.25) is 0 Å². The average molecular weight is 1550 g/mol. The molecule has 14 N–H and O–H groups in total. The average Bonchev–Trinajstić information content (AvgIpc) is 0.755. The summed E-state index contributed by atoms with van der Waals surface area (Å²) >= 11 is 0. The zero-order valence-electron chi connectivity index (χ0n) is 68.0. The largest absolute Gasteiger partial charge is 0.477 e. The number of aliphatic hydroxyl groups excluding tert-OH is 11. The van der Waals surface area contributed by atoms with Crippen molar-refractivity contribution in [3.63, 3.8) is 0 Å². The number of carboxylic acid groups (broad SMARTS) is 1. The summed E-state index contributed by atoms with van der Waals surface area (Å²) in [6.07, 6.45) is 41.1. The Morgan fingerprint density at radius 2 is 0.806 bits per heavy atom. The van der Waals surface area contributed by atoms with Gasteiger partial charge in [0.05, 0.1) is 50.7 Å². The lowest BCUT2D eigenvalue weighted by Crippen LogP contribution is -2.70. The summed E-state index contributed by atoms with van der Waals surface area (Å²) in [5, 5.41) is 137. The van der Waals surface area contributed by atoms with Crippen molar-refractivity contribution in [1.82, 2.24) is 10.6 Å². The van der Waals surface area contributed by atoms with Gasteiger partial charge in [-0.05, 0) is 12.8 Å². The molecule has 0 aromatic heterocycles. The van der Waals surface area contributed by atoms with Gasteiger partial charge in [-0.1, -0.05) is 354 Å². The SMILES string of the molecule is CCCCCCCCCCCCCCCCCCCCCCCCCCCCCCCCCC(=O)NC(COC1OC(CO)C(OC2OC(CO)C(O)C(OC3(C(=O)O)CC(O)C(NC(C)=O)C(C(O)C(O)CO)O3)C2O)C(O)C1O)C(O)CCCCCCCCCCCCCCCCCCCCCCCCC.